The predicted octanol–water partition coefficient (Wildman–Crippen LogP) is 4.66. The summed E-state index contributed by atoms with van der Waals surface area (Å²) in [4.78, 5) is 15.4. The van der Waals surface area contributed by atoms with E-state index in [1.165, 1.54) is 18.4 Å². The van der Waals surface area contributed by atoms with Gasteiger partial charge in [-0.1, -0.05) is 72.4 Å². The summed E-state index contributed by atoms with van der Waals surface area (Å²) >= 11 is 1.55. The van der Waals surface area contributed by atoms with Crippen LogP contribution in [0.4, 0.5) is 0 Å². The number of nitrogens with zero attached hydrogens (tertiary/aromatic N) is 4. The van der Waals surface area contributed by atoms with Crippen molar-refractivity contribution in [3.8, 4) is 0 Å². The summed E-state index contributed by atoms with van der Waals surface area (Å²) in [7, 11) is 0. The van der Waals surface area contributed by atoms with E-state index < -0.39 is 0 Å². The number of hydrogen-bond acceptors (Lipinski definition) is 4. The Balaban J connectivity index is 1.47. The van der Waals surface area contributed by atoms with Crippen molar-refractivity contribution < 1.29 is 4.79 Å². The van der Waals surface area contributed by atoms with Crippen molar-refractivity contribution in [1.82, 2.24) is 19.7 Å². The molecular weight excluding hydrogens is 392 g/mol. The third-order valence-electron chi connectivity index (χ3n) is 5.84. The van der Waals surface area contributed by atoms with Crippen LogP contribution in [0.3, 0.4) is 0 Å². The Morgan fingerprint density at radius 1 is 0.967 bits per heavy atom. The molecule has 3 aromatic rings. The van der Waals surface area contributed by atoms with Gasteiger partial charge in [-0.25, -0.2) is 0 Å². The van der Waals surface area contributed by atoms with Crippen molar-refractivity contribution in [2.75, 3.05) is 13.1 Å². The highest BCUT2D eigenvalue weighted by Crippen LogP contribution is 2.42. The fourth-order valence-corrected chi connectivity index (χ4v) is 5.17. The predicted molar refractivity (Wildman–Crippen MR) is 118 cm³/mol. The van der Waals surface area contributed by atoms with Crippen LogP contribution in [0, 0.1) is 0 Å². The molecule has 0 spiro atoms. The Bertz CT molecular complexity index is 995. The van der Waals surface area contributed by atoms with E-state index in [9.17, 15) is 4.79 Å². The second-order valence-corrected chi connectivity index (χ2v) is 9.20. The van der Waals surface area contributed by atoms with E-state index in [0.29, 0.717) is 5.92 Å². The van der Waals surface area contributed by atoms with Crippen molar-refractivity contribution >= 4 is 17.7 Å². The molecule has 1 saturated heterocycles. The van der Waals surface area contributed by atoms with E-state index in [-0.39, 0.29) is 11.2 Å². The van der Waals surface area contributed by atoms with Gasteiger partial charge < -0.3 is 9.47 Å². The molecule has 30 heavy (non-hydrogen) atoms. The summed E-state index contributed by atoms with van der Waals surface area (Å²) in [5, 5.41) is 9.64. The minimum atomic E-state index is -0.296. The normalized spacial score (nSPS) is 17.3. The topological polar surface area (TPSA) is 51.0 Å². The summed E-state index contributed by atoms with van der Waals surface area (Å²) in [6.45, 7) is 2.45. The maximum absolute atomic E-state index is 13.4. The van der Waals surface area contributed by atoms with Gasteiger partial charge in [-0.05, 0) is 36.8 Å². The third kappa shape index (κ3) is 4.15. The van der Waals surface area contributed by atoms with Crippen molar-refractivity contribution in [3.63, 3.8) is 0 Å². The summed E-state index contributed by atoms with van der Waals surface area (Å²) in [5.41, 5.74) is 2.25. The van der Waals surface area contributed by atoms with Crippen LogP contribution >= 0.6 is 11.8 Å². The Hall–Kier alpha value is -2.60. The number of aromatic nitrogens is 3. The molecule has 5 rings (SSSR count). The molecule has 1 amide bonds. The zero-order valence-corrected chi connectivity index (χ0v) is 17.8. The van der Waals surface area contributed by atoms with Gasteiger partial charge in [0.25, 0.3) is 0 Å². The summed E-state index contributed by atoms with van der Waals surface area (Å²) in [6, 6.07) is 20.5. The van der Waals surface area contributed by atoms with Crippen LogP contribution in [0.1, 0.15) is 53.8 Å². The Kier molecular flexibility index (Phi) is 5.58. The molecule has 0 unspecified atom stereocenters. The van der Waals surface area contributed by atoms with Gasteiger partial charge in [0.2, 0.25) is 5.91 Å². The number of thioether (sulfide) groups is 1. The molecule has 2 aliphatic rings. The number of rotatable bonds is 7. The van der Waals surface area contributed by atoms with Gasteiger partial charge in [-0.15, -0.1) is 10.2 Å². The number of amides is 1. The maximum atomic E-state index is 13.4. The molecule has 154 valence electrons. The first kappa shape index (κ1) is 19.4. The third-order valence-corrected chi connectivity index (χ3v) is 7.06. The molecule has 2 fully saturated rings. The molecule has 1 aliphatic carbocycles. The number of carbonyl (C=O) groups excluding carboxylic acids is 1. The highest BCUT2D eigenvalue weighted by Gasteiger charge is 2.34. The van der Waals surface area contributed by atoms with Gasteiger partial charge in [0, 0.05) is 19.0 Å². The van der Waals surface area contributed by atoms with Crippen LogP contribution in [0.5, 0.6) is 0 Å². The molecule has 2 heterocycles. The van der Waals surface area contributed by atoms with Crippen LogP contribution in [0.15, 0.2) is 65.8 Å². The fraction of sp³-hybridized carbons (Fsp3) is 0.375. The van der Waals surface area contributed by atoms with Gasteiger partial charge in [0.1, 0.15) is 11.1 Å². The lowest BCUT2D eigenvalue weighted by Crippen LogP contribution is -2.31. The maximum Gasteiger partial charge on any atom is 0.240 e. The smallest absolute Gasteiger partial charge is 0.240 e. The molecule has 6 heteroatoms. The first-order valence-corrected chi connectivity index (χ1v) is 11.6. The lowest BCUT2D eigenvalue weighted by molar-refractivity contribution is -0.129. The minimum absolute atomic E-state index is 0.186. The average Bonchev–Trinajstić information content (AvgIpc) is 3.33. The van der Waals surface area contributed by atoms with E-state index in [2.05, 4.69) is 39.0 Å². The van der Waals surface area contributed by atoms with Crippen molar-refractivity contribution in [2.45, 2.75) is 48.6 Å². The summed E-state index contributed by atoms with van der Waals surface area (Å²) < 4.78 is 2.23. The molecule has 2 aromatic carbocycles. The van der Waals surface area contributed by atoms with Gasteiger partial charge in [-0.2, -0.15) is 0 Å². The van der Waals surface area contributed by atoms with Crippen LogP contribution in [0.25, 0.3) is 0 Å². The quantitative estimate of drug-likeness (QED) is 0.524. The zero-order valence-electron chi connectivity index (χ0n) is 17.0. The molecular formula is C24H26N4OS. The Morgan fingerprint density at radius 3 is 2.30 bits per heavy atom. The number of hydrogen-bond donors (Lipinski definition) is 0. The van der Waals surface area contributed by atoms with Crippen LogP contribution in [-0.4, -0.2) is 38.7 Å². The largest absolute Gasteiger partial charge is 0.341 e. The monoisotopic (exact) mass is 418 g/mol. The molecule has 1 saturated carbocycles. The first-order chi connectivity index (χ1) is 14.8. The lowest BCUT2D eigenvalue weighted by atomic mass is 10.1. The first-order valence-electron chi connectivity index (χ1n) is 10.8. The van der Waals surface area contributed by atoms with Crippen molar-refractivity contribution in [1.29, 1.82) is 0 Å². The SMILES string of the molecule is O=C([C@H](Sc1nnc(C2CC2)n1Cc1ccccc1)c1ccccc1)N1CCCC1. The number of likely N-dealkylation sites (tertiary alicyclic amines) is 1. The van der Waals surface area contributed by atoms with Gasteiger partial charge in [0.05, 0.1) is 6.54 Å². The highest BCUT2D eigenvalue weighted by atomic mass is 32.2. The average molecular weight is 419 g/mol. The summed E-state index contributed by atoms with van der Waals surface area (Å²) in [5.74, 6) is 1.74. The van der Waals surface area contributed by atoms with E-state index in [1.807, 2.05) is 41.3 Å². The highest BCUT2D eigenvalue weighted by molar-refractivity contribution is 8.00. The lowest BCUT2D eigenvalue weighted by Gasteiger charge is -2.23. The minimum Gasteiger partial charge on any atom is -0.341 e. The zero-order chi connectivity index (χ0) is 20.3. The van der Waals surface area contributed by atoms with E-state index >= 15 is 0 Å². The fourth-order valence-electron chi connectivity index (χ4n) is 4.04. The van der Waals surface area contributed by atoms with Crippen LogP contribution < -0.4 is 0 Å². The van der Waals surface area contributed by atoms with Crippen molar-refractivity contribution in [3.05, 3.63) is 77.6 Å². The molecule has 1 aliphatic heterocycles. The second kappa shape index (κ2) is 8.64. The second-order valence-electron chi connectivity index (χ2n) is 8.13. The van der Waals surface area contributed by atoms with Gasteiger partial charge >= 0.3 is 0 Å². The van der Waals surface area contributed by atoms with Crippen molar-refractivity contribution in [2.24, 2.45) is 0 Å². The molecule has 0 N–H and O–H groups in total. The molecule has 1 aromatic heterocycles. The summed E-state index contributed by atoms with van der Waals surface area (Å²) in [6.07, 6.45) is 4.53. The molecule has 1 atom stereocenters. The van der Waals surface area contributed by atoms with Gasteiger partial charge in [-0.3, -0.25) is 4.79 Å². The van der Waals surface area contributed by atoms with E-state index in [4.69, 9.17) is 0 Å². The molecule has 0 radical (unpaired) electrons. The molecule has 0 bridgehead atoms. The number of benzene rings is 2. The van der Waals surface area contributed by atoms with E-state index in [1.54, 1.807) is 11.8 Å². The molecule has 5 nitrogen and oxygen atoms in total. The number of carbonyl (C=O) groups is 1. The Morgan fingerprint density at radius 2 is 1.63 bits per heavy atom. The standard InChI is InChI=1S/C24H26N4OS/c29-23(27-15-7-8-16-27)21(19-11-5-2-6-12-19)30-24-26-25-22(20-13-14-20)28(24)17-18-9-3-1-4-10-18/h1-6,9-12,20-21H,7-8,13-17H2/t21-/m1/s1. The Labute approximate surface area is 181 Å². The van der Waals surface area contributed by atoms with Crippen LogP contribution in [0.2, 0.25) is 0 Å². The van der Waals surface area contributed by atoms with E-state index in [0.717, 1.165) is 49.0 Å². The van der Waals surface area contributed by atoms with Crippen LogP contribution in [-0.2, 0) is 11.3 Å². The van der Waals surface area contributed by atoms with Gasteiger partial charge in [0.15, 0.2) is 5.16 Å².